The van der Waals surface area contributed by atoms with Gasteiger partial charge in [0.25, 0.3) is 0 Å². The molecule has 2 N–H and O–H groups in total. The minimum Gasteiger partial charge on any atom is -0.351 e. The van der Waals surface area contributed by atoms with Crippen LogP contribution < -0.4 is 10.6 Å². The Hall–Kier alpha value is -0.570. The monoisotopic (exact) mass is 212 g/mol. The second-order valence-corrected chi connectivity index (χ2v) is 4.78. The van der Waals surface area contributed by atoms with Crippen LogP contribution in [0.25, 0.3) is 0 Å². The molecule has 1 aliphatic rings. The predicted molar refractivity (Wildman–Crippen MR) is 62.7 cm³/mol. The second kappa shape index (κ2) is 5.50. The van der Waals surface area contributed by atoms with E-state index in [0.717, 1.165) is 38.8 Å². The molecule has 1 rings (SSSR count). The Balaban J connectivity index is 2.46. The maximum Gasteiger partial charge on any atom is 0.223 e. The fraction of sp³-hybridized carbons (Fsp3) is 0.917. The van der Waals surface area contributed by atoms with Crippen molar-refractivity contribution in [2.24, 2.45) is 5.92 Å². The van der Waals surface area contributed by atoms with Crippen LogP contribution in [-0.2, 0) is 4.79 Å². The standard InChI is InChI=1S/C12H24N2O/c1-4-12(3,5-2)14-11(15)10-6-8-13-9-7-10/h10,13H,4-9H2,1-3H3,(H,14,15). The van der Waals surface area contributed by atoms with Crippen molar-refractivity contribution in [3.8, 4) is 0 Å². The number of amides is 1. The lowest BCUT2D eigenvalue weighted by molar-refractivity contribution is -0.127. The van der Waals surface area contributed by atoms with Crippen LogP contribution in [0.4, 0.5) is 0 Å². The van der Waals surface area contributed by atoms with E-state index in [2.05, 4.69) is 31.4 Å². The van der Waals surface area contributed by atoms with E-state index in [0.29, 0.717) is 0 Å². The Morgan fingerprint density at radius 1 is 1.33 bits per heavy atom. The zero-order chi connectivity index (χ0) is 11.3. The Morgan fingerprint density at radius 2 is 1.87 bits per heavy atom. The number of carbonyl (C=O) groups excluding carboxylic acids is 1. The zero-order valence-corrected chi connectivity index (χ0v) is 10.2. The highest BCUT2D eigenvalue weighted by Gasteiger charge is 2.27. The summed E-state index contributed by atoms with van der Waals surface area (Å²) in [4.78, 5) is 12.0. The molecule has 0 radical (unpaired) electrons. The van der Waals surface area contributed by atoms with Gasteiger partial charge in [-0.25, -0.2) is 0 Å². The molecule has 0 atom stereocenters. The molecule has 0 aromatic rings. The lowest BCUT2D eigenvalue weighted by Crippen LogP contribution is -2.49. The van der Waals surface area contributed by atoms with Crippen LogP contribution in [0, 0.1) is 5.92 Å². The molecule has 0 saturated carbocycles. The summed E-state index contributed by atoms with van der Waals surface area (Å²) in [5.41, 5.74) is -0.0119. The SMILES string of the molecule is CCC(C)(CC)NC(=O)C1CCNCC1. The Kier molecular flexibility index (Phi) is 4.58. The van der Waals surface area contributed by atoms with Crippen molar-refractivity contribution >= 4 is 5.91 Å². The van der Waals surface area contributed by atoms with Gasteiger partial charge in [-0.05, 0) is 45.7 Å². The van der Waals surface area contributed by atoms with Gasteiger partial charge in [-0.15, -0.1) is 0 Å². The summed E-state index contributed by atoms with van der Waals surface area (Å²) in [6, 6.07) is 0. The summed E-state index contributed by atoms with van der Waals surface area (Å²) >= 11 is 0. The maximum absolute atomic E-state index is 12.0. The van der Waals surface area contributed by atoms with E-state index >= 15 is 0 Å². The molecule has 1 amide bonds. The molecule has 1 aliphatic heterocycles. The summed E-state index contributed by atoms with van der Waals surface area (Å²) in [6.45, 7) is 8.35. The summed E-state index contributed by atoms with van der Waals surface area (Å²) < 4.78 is 0. The minimum atomic E-state index is -0.0119. The largest absolute Gasteiger partial charge is 0.351 e. The molecule has 0 bridgehead atoms. The molecule has 15 heavy (non-hydrogen) atoms. The summed E-state index contributed by atoms with van der Waals surface area (Å²) in [6.07, 6.45) is 3.96. The number of nitrogens with one attached hydrogen (secondary N) is 2. The number of piperidine rings is 1. The van der Waals surface area contributed by atoms with Crippen LogP contribution in [-0.4, -0.2) is 24.5 Å². The molecule has 3 heteroatoms. The maximum atomic E-state index is 12.0. The first-order chi connectivity index (χ1) is 7.11. The van der Waals surface area contributed by atoms with Gasteiger partial charge >= 0.3 is 0 Å². The fourth-order valence-corrected chi connectivity index (χ4v) is 1.91. The molecule has 0 aliphatic carbocycles. The van der Waals surface area contributed by atoms with E-state index in [1.807, 2.05) is 0 Å². The summed E-state index contributed by atoms with van der Waals surface area (Å²) in [5, 5.41) is 6.48. The first kappa shape index (κ1) is 12.5. The molecule has 0 unspecified atom stereocenters. The molecule has 0 aromatic carbocycles. The van der Waals surface area contributed by atoms with Crippen molar-refractivity contribution in [2.45, 2.75) is 52.0 Å². The van der Waals surface area contributed by atoms with Gasteiger partial charge < -0.3 is 10.6 Å². The van der Waals surface area contributed by atoms with Crippen LogP contribution in [0.5, 0.6) is 0 Å². The quantitative estimate of drug-likeness (QED) is 0.744. The van der Waals surface area contributed by atoms with Gasteiger partial charge in [-0.3, -0.25) is 4.79 Å². The van der Waals surface area contributed by atoms with Gasteiger partial charge in [0.05, 0.1) is 0 Å². The normalized spacial score (nSPS) is 18.9. The lowest BCUT2D eigenvalue weighted by atomic mass is 9.92. The van der Waals surface area contributed by atoms with Crippen LogP contribution >= 0.6 is 0 Å². The average Bonchev–Trinajstić information content (AvgIpc) is 2.30. The first-order valence-electron chi connectivity index (χ1n) is 6.14. The Morgan fingerprint density at radius 3 is 2.33 bits per heavy atom. The third-order valence-corrected chi connectivity index (χ3v) is 3.70. The highest BCUT2D eigenvalue weighted by Crippen LogP contribution is 2.17. The molecule has 0 spiro atoms. The second-order valence-electron chi connectivity index (χ2n) is 4.78. The predicted octanol–water partition coefficient (Wildman–Crippen LogP) is 1.68. The molecular formula is C12H24N2O. The molecule has 0 aromatic heterocycles. The van der Waals surface area contributed by atoms with Gasteiger partial charge in [-0.1, -0.05) is 13.8 Å². The van der Waals surface area contributed by atoms with E-state index < -0.39 is 0 Å². The zero-order valence-electron chi connectivity index (χ0n) is 10.2. The van der Waals surface area contributed by atoms with Crippen molar-refractivity contribution in [2.75, 3.05) is 13.1 Å². The molecular weight excluding hydrogens is 188 g/mol. The molecule has 88 valence electrons. The summed E-state index contributed by atoms with van der Waals surface area (Å²) in [7, 11) is 0. The van der Waals surface area contributed by atoms with Crippen LogP contribution in [0.3, 0.4) is 0 Å². The smallest absolute Gasteiger partial charge is 0.223 e. The van der Waals surface area contributed by atoms with Crippen LogP contribution in [0.1, 0.15) is 46.5 Å². The lowest BCUT2D eigenvalue weighted by Gasteiger charge is -2.31. The third-order valence-electron chi connectivity index (χ3n) is 3.70. The van der Waals surface area contributed by atoms with Gasteiger partial charge in [0.15, 0.2) is 0 Å². The number of rotatable bonds is 4. The van der Waals surface area contributed by atoms with Crippen molar-refractivity contribution in [1.29, 1.82) is 0 Å². The number of carbonyl (C=O) groups is 1. The molecule has 1 fully saturated rings. The van der Waals surface area contributed by atoms with E-state index in [9.17, 15) is 4.79 Å². The van der Waals surface area contributed by atoms with Crippen molar-refractivity contribution in [1.82, 2.24) is 10.6 Å². The molecule has 1 heterocycles. The Labute approximate surface area is 93.0 Å². The average molecular weight is 212 g/mol. The van der Waals surface area contributed by atoms with Crippen molar-refractivity contribution in [3.63, 3.8) is 0 Å². The Bertz CT molecular complexity index is 206. The first-order valence-corrected chi connectivity index (χ1v) is 6.14. The van der Waals surface area contributed by atoms with Crippen LogP contribution in [0.2, 0.25) is 0 Å². The van der Waals surface area contributed by atoms with Crippen molar-refractivity contribution in [3.05, 3.63) is 0 Å². The van der Waals surface area contributed by atoms with E-state index in [1.165, 1.54) is 0 Å². The van der Waals surface area contributed by atoms with E-state index in [1.54, 1.807) is 0 Å². The third kappa shape index (κ3) is 3.49. The number of hydrogen-bond donors (Lipinski definition) is 2. The van der Waals surface area contributed by atoms with Gasteiger partial charge in [0, 0.05) is 11.5 Å². The van der Waals surface area contributed by atoms with Gasteiger partial charge in [0.2, 0.25) is 5.91 Å². The molecule has 3 nitrogen and oxygen atoms in total. The van der Waals surface area contributed by atoms with Crippen molar-refractivity contribution < 1.29 is 4.79 Å². The topological polar surface area (TPSA) is 41.1 Å². The van der Waals surface area contributed by atoms with Gasteiger partial charge in [0.1, 0.15) is 0 Å². The number of hydrogen-bond acceptors (Lipinski definition) is 2. The van der Waals surface area contributed by atoms with E-state index in [4.69, 9.17) is 0 Å². The highest BCUT2D eigenvalue weighted by molar-refractivity contribution is 5.79. The van der Waals surface area contributed by atoms with E-state index in [-0.39, 0.29) is 17.4 Å². The van der Waals surface area contributed by atoms with Crippen LogP contribution in [0.15, 0.2) is 0 Å². The minimum absolute atomic E-state index is 0.0119. The molecule has 1 saturated heterocycles. The fourth-order valence-electron chi connectivity index (χ4n) is 1.91. The summed E-state index contributed by atoms with van der Waals surface area (Å²) in [5.74, 6) is 0.478. The van der Waals surface area contributed by atoms with Gasteiger partial charge in [-0.2, -0.15) is 0 Å². The highest BCUT2D eigenvalue weighted by atomic mass is 16.2.